The molecule has 0 bridgehead atoms. The Morgan fingerprint density at radius 2 is 0.500 bits per heavy atom. The van der Waals surface area contributed by atoms with E-state index in [0.29, 0.717) is 25.7 Å². The third-order valence-corrected chi connectivity index (χ3v) is 21.6. The van der Waals surface area contributed by atoms with Gasteiger partial charge in [0.2, 0.25) is 0 Å². The van der Waals surface area contributed by atoms with Crippen LogP contribution in [0.15, 0.2) is 0 Å². The lowest BCUT2D eigenvalue weighted by Gasteiger charge is -2.21. The van der Waals surface area contributed by atoms with E-state index in [1.165, 1.54) is 244 Å². The van der Waals surface area contributed by atoms with E-state index in [9.17, 15) is 43.2 Å². The highest BCUT2D eigenvalue weighted by Gasteiger charge is 2.30. The van der Waals surface area contributed by atoms with E-state index in [-0.39, 0.29) is 25.7 Å². The van der Waals surface area contributed by atoms with Crippen LogP contribution in [-0.4, -0.2) is 96.7 Å². The largest absolute Gasteiger partial charge is 0.472 e. The first-order valence-electron chi connectivity index (χ1n) is 42.9. The SMILES string of the molecule is CCCCCCCCCCCCCCCCCCCCC(=O)O[C@H](COC(=O)CCCCCCCCCCCCCCCC(C)C)COP(=O)(O)OC[C@@H](O)COP(=O)(O)OC[C@@H](COC(=O)CCCCCCCCCCC(C)CC)OC(=O)CCCCCCCCCCCCCCCC(C)C. The standard InChI is InChI=1S/C83H162O17P2/c1-8-10-11-12-13-14-15-16-17-18-19-20-25-31-36-45-52-59-66-82(87)99-78(70-93-80(85)64-57-50-43-35-30-26-21-23-28-33-40-47-54-61-74(3)4)72-97-101(89,90)95-68-77(84)69-96-102(91,92)98-73-79(71-94-81(86)65-58-51-44-39-38-42-49-56-63-76(7)9-2)100-83(88)67-60-53-46-37-32-27-22-24-29-34-41-48-55-62-75(5)6/h74-79,84H,8-73H2,1-7H3,(H,89,90)(H,91,92)/t76?,77-,78-,79-/m1/s1. The topological polar surface area (TPSA) is 237 Å². The number of phosphoric acid groups is 2. The van der Waals surface area contributed by atoms with Gasteiger partial charge >= 0.3 is 39.5 Å². The van der Waals surface area contributed by atoms with E-state index in [1.807, 2.05) is 0 Å². The number of hydrogen-bond acceptors (Lipinski definition) is 15. The summed E-state index contributed by atoms with van der Waals surface area (Å²) in [7, 11) is -9.93. The van der Waals surface area contributed by atoms with Gasteiger partial charge in [0.1, 0.15) is 19.3 Å². The molecule has 0 saturated heterocycles. The summed E-state index contributed by atoms with van der Waals surface area (Å²) in [4.78, 5) is 73.2. The number of ether oxygens (including phenoxy) is 4. The second kappa shape index (κ2) is 73.2. The van der Waals surface area contributed by atoms with Gasteiger partial charge in [-0.25, -0.2) is 9.13 Å². The molecule has 6 atom stereocenters. The molecule has 0 heterocycles. The molecule has 0 aliphatic rings. The summed E-state index contributed by atoms with van der Waals surface area (Å²) in [5.41, 5.74) is 0. The van der Waals surface area contributed by atoms with Crippen molar-refractivity contribution in [2.75, 3.05) is 39.6 Å². The minimum absolute atomic E-state index is 0.107. The number of aliphatic hydroxyl groups excluding tert-OH is 1. The van der Waals surface area contributed by atoms with Crippen molar-refractivity contribution in [3.05, 3.63) is 0 Å². The zero-order valence-electron chi connectivity index (χ0n) is 67.1. The summed E-state index contributed by atoms with van der Waals surface area (Å²) in [6.45, 7) is 12.0. The van der Waals surface area contributed by atoms with Gasteiger partial charge in [-0.05, 0) is 43.4 Å². The minimum atomic E-state index is -4.96. The highest BCUT2D eigenvalue weighted by Crippen LogP contribution is 2.45. The molecule has 0 rings (SSSR count). The Balaban J connectivity index is 5.27. The number of unbranched alkanes of at least 4 members (excludes halogenated alkanes) is 48. The van der Waals surface area contributed by atoms with Crippen molar-refractivity contribution in [1.29, 1.82) is 0 Å². The van der Waals surface area contributed by atoms with Crippen LogP contribution in [-0.2, 0) is 65.4 Å². The molecule has 3 unspecified atom stereocenters. The monoisotopic (exact) mass is 1490 g/mol. The molecule has 0 aromatic rings. The molecule has 19 heteroatoms. The predicted molar refractivity (Wildman–Crippen MR) is 418 cm³/mol. The van der Waals surface area contributed by atoms with Crippen molar-refractivity contribution in [2.24, 2.45) is 17.8 Å². The number of phosphoric ester groups is 2. The molecule has 0 fully saturated rings. The summed E-state index contributed by atoms with van der Waals surface area (Å²) >= 11 is 0. The predicted octanol–water partition coefficient (Wildman–Crippen LogP) is 24.9. The van der Waals surface area contributed by atoms with Gasteiger partial charge in [0.15, 0.2) is 12.2 Å². The average molecular weight is 1490 g/mol. The highest BCUT2D eigenvalue weighted by molar-refractivity contribution is 7.47. The first-order chi connectivity index (χ1) is 49.3. The molecule has 0 saturated carbocycles. The summed E-state index contributed by atoms with van der Waals surface area (Å²) in [6, 6.07) is 0. The van der Waals surface area contributed by atoms with Gasteiger partial charge in [0.25, 0.3) is 0 Å². The third kappa shape index (κ3) is 74.9. The molecular weight excluding hydrogens is 1330 g/mol. The Hall–Kier alpha value is -1.94. The molecule has 0 amide bonds. The smallest absolute Gasteiger partial charge is 0.462 e. The van der Waals surface area contributed by atoms with Crippen molar-refractivity contribution in [2.45, 2.75) is 452 Å². The lowest BCUT2D eigenvalue weighted by molar-refractivity contribution is -0.161. The maximum Gasteiger partial charge on any atom is 0.472 e. The fraction of sp³-hybridized carbons (Fsp3) is 0.952. The van der Waals surface area contributed by atoms with Crippen molar-refractivity contribution < 1.29 is 80.2 Å². The van der Waals surface area contributed by atoms with E-state index in [4.69, 9.17) is 37.0 Å². The van der Waals surface area contributed by atoms with Crippen LogP contribution in [0.5, 0.6) is 0 Å². The van der Waals surface area contributed by atoms with E-state index >= 15 is 0 Å². The lowest BCUT2D eigenvalue weighted by Crippen LogP contribution is -2.30. The van der Waals surface area contributed by atoms with Gasteiger partial charge < -0.3 is 33.8 Å². The van der Waals surface area contributed by atoms with E-state index in [2.05, 4.69) is 48.5 Å². The van der Waals surface area contributed by atoms with E-state index in [1.54, 1.807) is 0 Å². The first-order valence-corrected chi connectivity index (χ1v) is 45.9. The number of carbonyl (C=O) groups excluding carboxylic acids is 4. The fourth-order valence-electron chi connectivity index (χ4n) is 12.8. The Kier molecular flexibility index (Phi) is 71.8. The molecule has 102 heavy (non-hydrogen) atoms. The molecule has 0 aromatic heterocycles. The Bertz CT molecular complexity index is 1980. The summed E-state index contributed by atoms with van der Waals surface area (Å²) < 4.78 is 68.8. The zero-order chi connectivity index (χ0) is 75.1. The summed E-state index contributed by atoms with van der Waals surface area (Å²) in [6.07, 6.45) is 62.3. The number of hydrogen-bond donors (Lipinski definition) is 3. The lowest BCUT2D eigenvalue weighted by atomic mass is 9.99. The highest BCUT2D eigenvalue weighted by atomic mass is 31.2. The Morgan fingerprint density at radius 3 is 0.745 bits per heavy atom. The van der Waals surface area contributed by atoms with Gasteiger partial charge in [-0.1, -0.05) is 382 Å². The molecule has 0 aromatic carbocycles. The van der Waals surface area contributed by atoms with Gasteiger partial charge in [-0.2, -0.15) is 0 Å². The van der Waals surface area contributed by atoms with Gasteiger partial charge in [0.05, 0.1) is 26.4 Å². The first kappa shape index (κ1) is 100. The normalized spacial score (nSPS) is 14.2. The van der Waals surface area contributed by atoms with Gasteiger partial charge in [0, 0.05) is 25.7 Å². The van der Waals surface area contributed by atoms with Crippen molar-refractivity contribution in [3.8, 4) is 0 Å². The van der Waals surface area contributed by atoms with E-state index < -0.39 is 97.5 Å². The number of esters is 4. The average Bonchev–Trinajstić information content (AvgIpc) is 0.913. The van der Waals surface area contributed by atoms with Crippen LogP contribution in [0.3, 0.4) is 0 Å². The maximum absolute atomic E-state index is 13.1. The molecule has 3 N–H and O–H groups in total. The van der Waals surface area contributed by atoms with Crippen LogP contribution >= 0.6 is 15.6 Å². The van der Waals surface area contributed by atoms with Crippen LogP contribution in [0.4, 0.5) is 0 Å². The minimum Gasteiger partial charge on any atom is -0.462 e. The molecular formula is C83H162O17P2. The van der Waals surface area contributed by atoms with Gasteiger partial charge in [-0.15, -0.1) is 0 Å². The Labute approximate surface area is 626 Å². The number of carbonyl (C=O) groups is 4. The fourth-order valence-corrected chi connectivity index (χ4v) is 14.4. The molecule has 0 aliphatic carbocycles. The second-order valence-corrected chi connectivity index (χ2v) is 34.0. The maximum atomic E-state index is 13.1. The molecule has 0 spiro atoms. The van der Waals surface area contributed by atoms with Crippen molar-refractivity contribution in [1.82, 2.24) is 0 Å². The number of aliphatic hydroxyl groups is 1. The van der Waals surface area contributed by atoms with Crippen LogP contribution < -0.4 is 0 Å². The third-order valence-electron chi connectivity index (χ3n) is 19.7. The summed E-state index contributed by atoms with van der Waals surface area (Å²) in [5.74, 6) is 0.248. The molecule has 0 aliphatic heterocycles. The van der Waals surface area contributed by atoms with Crippen LogP contribution in [0.1, 0.15) is 434 Å². The van der Waals surface area contributed by atoms with Crippen molar-refractivity contribution >= 4 is 39.5 Å². The van der Waals surface area contributed by atoms with E-state index in [0.717, 1.165) is 108 Å². The van der Waals surface area contributed by atoms with Crippen molar-refractivity contribution in [3.63, 3.8) is 0 Å². The van der Waals surface area contributed by atoms with Gasteiger partial charge in [-0.3, -0.25) is 37.3 Å². The molecule has 17 nitrogen and oxygen atoms in total. The zero-order valence-corrected chi connectivity index (χ0v) is 68.9. The van der Waals surface area contributed by atoms with Crippen LogP contribution in [0.25, 0.3) is 0 Å². The van der Waals surface area contributed by atoms with Crippen LogP contribution in [0, 0.1) is 17.8 Å². The molecule has 606 valence electrons. The summed E-state index contributed by atoms with van der Waals surface area (Å²) in [5, 5.41) is 10.7. The number of rotatable bonds is 81. The quantitative estimate of drug-likeness (QED) is 0.0222. The Morgan fingerprint density at radius 1 is 0.284 bits per heavy atom. The molecule has 0 radical (unpaired) electrons. The second-order valence-electron chi connectivity index (χ2n) is 31.1. The van der Waals surface area contributed by atoms with Crippen LogP contribution in [0.2, 0.25) is 0 Å².